The molecule has 0 saturated carbocycles. The predicted molar refractivity (Wildman–Crippen MR) is 89.4 cm³/mol. The van der Waals surface area contributed by atoms with Crippen molar-refractivity contribution in [3.63, 3.8) is 0 Å². The van der Waals surface area contributed by atoms with Gasteiger partial charge >= 0.3 is 0 Å². The number of hydrogen-bond acceptors (Lipinski definition) is 6. The molecule has 9 heteroatoms. The second kappa shape index (κ2) is 6.08. The van der Waals surface area contributed by atoms with Crippen LogP contribution >= 0.6 is 11.3 Å². The number of imidazole rings is 1. The summed E-state index contributed by atoms with van der Waals surface area (Å²) in [6.07, 6.45) is 4.36. The maximum atomic E-state index is 12.4. The average Bonchev–Trinajstić information content (AvgIpc) is 3.16. The lowest BCUT2D eigenvalue weighted by molar-refractivity contribution is 0.171. The topological polar surface area (TPSA) is 81.9 Å². The van der Waals surface area contributed by atoms with Crippen LogP contribution in [-0.2, 0) is 16.4 Å². The van der Waals surface area contributed by atoms with Crippen LogP contribution in [0.25, 0.3) is 4.96 Å². The third-order valence-electron chi connectivity index (χ3n) is 3.64. The van der Waals surface area contributed by atoms with Crippen LogP contribution in [0.15, 0.2) is 40.9 Å². The average molecular weight is 365 g/mol. The SMILES string of the molecule is O=S(=O)(NCCc1cn2ccsc2n1)c1ccc2c(c1)OCCO2. The van der Waals surface area contributed by atoms with E-state index in [1.807, 2.05) is 22.2 Å². The quantitative estimate of drug-likeness (QED) is 0.744. The number of aromatic nitrogens is 2. The summed E-state index contributed by atoms with van der Waals surface area (Å²) >= 11 is 1.54. The highest BCUT2D eigenvalue weighted by molar-refractivity contribution is 7.89. The molecule has 3 aromatic rings. The van der Waals surface area contributed by atoms with E-state index in [-0.39, 0.29) is 11.4 Å². The molecule has 3 heterocycles. The Morgan fingerprint density at radius 3 is 2.92 bits per heavy atom. The Bertz CT molecular complexity index is 949. The van der Waals surface area contributed by atoms with Crippen LogP contribution in [0.3, 0.4) is 0 Å². The van der Waals surface area contributed by atoms with E-state index in [9.17, 15) is 8.42 Å². The molecular weight excluding hydrogens is 350 g/mol. The van der Waals surface area contributed by atoms with Gasteiger partial charge in [-0.3, -0.25) is 4.40 Å². The highest BCUT2D eigenvalue weighted by Crippen LogP contribution is 2.32. The van der Waals surface area contributed by atoms with Crippen molar-refractivity contribution in [2.75, 3.05) is 19.8 Å². The van der Waals surface area contributed by atoms with E-state index < -0.39 is 10.0 Å². The fraction of sp³-hybridized carbons (Fsp3) is 0.267. The van der Waals surface area contributed by atoms with Gasteiger partial charge in [-0.05, 0) is 12.1 Å². The minimum Gasteiger partial charge on any atom is -0.486 e. The predicted octanol–water partition coefficient (Wildman–Crippen LogP) is 1.69. The third-order valence-corrected chi connectivity index (χ3v) is 5.87. The van der Waals surface area contributed by atoms with Crippen molar-refractivity contribution in [3.8, 4) is 11.5 Å². The molecule has 1 aromatic carbocycles. The van der Waals surface area contributed by atoms with Gasteiger partial charge in [-0.15, -0.1) is 11.3 Å². The Kier molecular flexibility index (Phi) is 3.91. The number of sulfonamides is 1. The zero-order valence-electron chi connectivity index (χ0n) is 12.6. The number of benzene rings is 1. The molecule has 1 N–H and O–H groups in total. The standard InChI is InChI=1S/C15H15N3O4S2/c19-24(20,12-1-2-13-14(9-12)22-7-6-21-13)16-4-3-11-10-18-5-8-23-15(18)17-11/h1-2,5,8-10,16H,3-4,6-7H2. The van der Waals surface area contributed by atoms with Gasteiger partial charge in [0.1, 0.15) is 13.2 Å². The minimum atomic E-state index is -3.60. The summed E-state index contributed by atoms with van der Waals surface area (Å²) < 4.78 is 40.2. The molecule has 0 atom stereocenters. The van der Waals surface area contributed by atoms with Gasteiger partial charge in [-0.25, -0.2) is 18.1 Å². The first-order chi connectivity index (χ1) is 11.6. The number of nitrogens with zero attached hydrogens (tertiary/aromatic N) is 2. The Hall–Kier alpha value is -2.10. The molecule has 126 valence electrons. The van der Waals surface area contributed by atoms with Gasteiger partial charge in [-0.2, -0.15) is 0 Å². The lowest BCUT2D eigenvalue weighted by atomic mass is 10.3. The summed E-state index contributed by atoms with van der Waals surface area (Å²) in [6, 6.07) is 4.62. The van der Waals surface area contributed by atoms with Crippen LogP contribution in [0.1, 0.15) is 5.69 Å². The molecule has 0 aliphatic carbocycles. The zero-order chi connectivity index (χ0) is 16.6. The van der Waals surface area contributed by atoms with Crippen molar-refractivity contribution in [1.82, 2.24) is 14.1 Å². The van der Waals surface area contributed by atoms with Gasteiger partial charge in [0.05, 0.1) is 10.6 Å². The molecular formula is C15H15N3O4S2. The van der Waals surface area contributed by atoms with Crippen molar-refractivity contribution in [1.29, 1.82) is 0 Å². The van der Waals surface area contributed by atoms with Gasteiger partial charge in [0, 0.05) is 36.8 Å². The van der Waals surface area contributed by atoms with Crippen LogP contribution in [0, 0.1) is 0 Å². The van der Waals surface area contributed by atoms with Gasteiger partial charge in [0.25, 0.3) is 0 Å². The van der Waals surface area contributed by atoms with Crippen LogP contribution in [0.2, 0.25) is 0 Å². The van der Waals surface area contributed by atoms with Crippen molar-refractivity contribution >= 4 is 26.3 Å². The highest BCUT2D eigenvalue weighted by Gasteiger charge is 2.19. The van der Waals surface area contributed by atoms with E-state index in [1.54, 1.807) is 17.4 Å². The molecule has 0 saturated heterocycles. The third kappa shape index (κ3) is 2.97. The summed E-state index contributed by atoms with van der Waals surface area (Å²) in [5.41, 5.74) is 0.853. The largest absolute Gasteiger partial charge is 0.486 e. The minimum absolute atomic E-state index is 0.164. The summed E-state index contributed by atoms with van der Waals surface area (Å²) in [7, 11) is -3.60. The molecule has 0 fully saturated rings. The lowest BCUT2D eigenvalue weighted by Gasteiger charge is -2.18. The van der Waals surface area contributed by atoms with E-state index in [0.29, 0.717) is 31.1 Å². The van der Waals surface area contributed by atoms with Crippen molar-refractivity contribution in [3.05, 3.63) is 41.7 Å². The number of fused-ring (bicyclic) bond motifs is 2. The van der Waals surface area contributed by atoms with E-state index in [0.717, 1.165) is 10.7 Å². The monoisotopic (exact) mass is 365 g/mol. The van der Waals surface area contributed by atoms with Gasteiger partial charge in [-0.1, -0.05) is 0 Å². The maximum Gasteiger partial charge on any atom is 0.240 e. The van der Waals surface area contributed by atoms with Gasteiger partial charge < -0.3 is 9.47 Å². The number of nitrogens with one attached hydrogen (secondary N) is 1. The molecule has 7 nitrogen and oxygen atoms in total. The molecule has 1 aliphatic rings. The Balaban J connectivity index is 1.44. The van der Waals surface area contributed by atoms with Gasteiger partial charge in [0.2, 0.25) is 10.0 Å². The normalized spacial score (nSPS) is 14.2. The number of ether oxygens (including phenoxy) is 2. The van der Waals surface area contributed by atoms with Crippen molar-refractivity contribution in [2.45, 2.75) is 11.3 Å². The first-order valence-corrected chi connectivity index (χ1v) is 9.78. The number of hydrogen-bond donors (Lipinski definition) is 1. The van der Waals surface area contributed by atoms with E-state index in [4.69, 9.17) is 9.47 Å². The van der Waals surface area contributed by atoms with Crippen LogP contribution < -0.4 is 14.2 Å². The maximum absolute atomic E-state index is 12.4. The summed E-state index contributed by atoms with van der Waals surface area (Å²) in [6.45, 7) is 1.17. The van der Waals surface area contributed by atoms with E-state index in [2.05, 4.69) is 9.71 Å². The van der Waals surface area contributed by atoms with Gasteiger partial charge in [0.15, 0.2) is 16.5 Å². The smallest absolute Gasteiger partial charge is 0.240 e. The van der Waals surface area contributed by atoms with Crippen LogP contribution in [0.5, 0.6) is 11.5 Å². The van der Waals surface area contributed by atoms with Crippen molar-refractivity contribution in [2.24, 2.45) is 0 Å². The molecule has 0 spiro atoms. The molecule has 1 aliphatic heterocycles. The summed E-state index contributed by atoms with van der Waals surface area (Å²) in [5, 5.41) is 1.96. The molecule has 0 radical (unpaired) electrons. The first kappa shape index (κ1) is 15.4. The van der Waals surface area contributed by atoms with E-state index in [1.165, 1.54) is 12.1 Å². The molecule has 0 bridgehead atoms. The van der Waals surface area contributed by atoms with Crippen LogP contribution in [-0.4, -0.2) is 37.6 Å². The Labute approximate surface area is 142 Å². The molecule has 24 heavy (non-hydrogen) atoms. The van der Waals surface area contributed by atoms with Crippen molar-refractivity contribution < 1.29 is 17.9 Å². The lowest BCUT2D eigenvalue weighted by Crippen LogP contribution is -2.26. The summed E-state index contributed by atoms with van der Waals surface area (Å²) in [5.74, 6) is 1.02. The highest BCUT2D eigenvalue weighted by atomic mass is 32.2. The molecule has 2 aromatic heterocycles. The molecule has 0 unspecified atom stereocenters. The fourth-order valence-electron chi connectivity index (χ4n) is 2.48. The Morgan fingerprint density at radius 1 is 1.25 bits per heavy atom. The molecule has 4 rings (SSSR count). The van der Waals surface area contributed by atoms with E-state index >= 15 is 0 Å². The number of rotatable bonds is 5. The fourth-order valence-corrected chi connectivity index (χ4v) is 4.25. The Morgan fingerprint density at radius 2 is 2.08 bits per heavy atom. The first-order valence-electron chi connectivity index (χ1n) is 7.42. The van der Waals surface area contributed by atoms with Crippen LogP contribution in [0.4, 0.5) is 0 Å². The summed E-state index contributed by atoms with van der Waals surface area (Å²) in [4.78, 5) is 5.50. The zero-order valence-corrected chi connectivity index (χ0v) is 14.3. The molecule has 0 amide bonds. The second-order valence-electron chi connectivity index (χ2n) is 5.28. The number of thiazole rings is 1. The second-order valence-corrected chi connectivity index (χ2v) is 7.92.